The van der Waals surface area contributed by atoms with Gasteiger partial charge in [-0.05, 0) is 53.9 Å². The quantitative estimate of drug-likeness (QED) is 0.280. The van der Waals surface area contributed by atoms with Gasteiger partial charge in [-0.25, -0.2) is 32.9 Å². The van der Waals surface area contributed by atoms with Crippen molar-refractivity contribution in [1.29, 1.82) is 0 Å². The van der Waals surface area contributed by atoms with E-state index in [2.05, 4.69) is 15.0 Å². The highest BCUT2D eigenvalue weighted by Gasteiger charge is 2.24. The van der Waals surface area contributed by atoms with E-state index < -0.39 is 29.1 Å². The number of hydrogen-bond acceptors (Lipinski definition) is 6. The second-order valence-corrected chi connectivity index (χ2v) is 8.39. The molecule has 0 bridgehead atoms. The van der Waals surface area contributed by atoms with Crippen molar-refractivity contribution >= 4 is 28.6 Å². The minimum absolute atomic E-state index is 0.0195. The summed E-state index contributed by atoms with van der Waals surface area (Å²) in [5, 5.41) is -0.288. The van der Waals surface area contributed by atoms with Crippen molar-refractivity contribution in [3.8, 4) is 11.3 Å². The minimum atomic E-state index is -0.927. The Labute approximate surface area is 202 Å². The number of carbonyl (C=O) groups excluding carboxylic acids is 1. The molecule has 11 heteroatoms. The van der Waals surface area contributed by atoms with Crippen LogP contribution in [0.2, 0.25) is 5.28 Å². The van der Waals surface area contributed by atoms with E-state index in [0.29, 0.717) is 35.6 Å². The topological polar surface area (TPSA) is 79.1 Å². The lowest BCUT2D eigenvalue weighted by molar-refractivity contribution is -0.0589. The van der Waals surface area contributed by atoms with Gasteiger partial charge in [0.1, 0.15) is 23.2 Å². The van der Waals surface area contributed by atoms with Crippen LogP contribution in [0.25, 0.3) is 22.3 Å². The highest BCUT2D eigenvalue weighted by Crippen LogP contribution is 2.29. The van der Waals surface area contributed by atoms with Gasteiger partial charge in [-0.1, -0.05) is 0 Å². The van der Waals surface area contributed by atoms with E-state index in [1.165, 1.54) is 7.11 Å². The number of carbonyl (C=O) groups is 1. The molecule has 180 valence electrons. The number of imidazole rings is 1. The molecule has 7 nitrogen and oxygen atoms in total. The number of nitrogens with zero attached hydrogens (tertiary/aromatic N) is 4. The molecule has 0 radical (unpaired) electrons. The van der Waals surface area contributed by atoms with Crippen molar-refractivity contribution in [2.45, 2.75) is 25.5 Å². The number of rotatable bonds is 6. The van der Waals surface area contributed by atoms with Crippen molar-refractivity contribution < 1.29 is 27.4 Å². The van der Waals surface area contributed by atoms with Crippen molar-refractivity contribution in [1.82, 2.24) is 19.5 Å². The molecule has 1 fully saturated rings. The number of hydrogen-bond donors (Lipinski definition) is 0. The SMILES string of the molecule is COC(=O)c1ccc2nc(Cc3cc(F)c(-c4nc(Cl)ncc4F)cc3F)n(C[C@@H]3CCO3)c2c1. The van der Waals surface area contributed by atoms with Gasteiger partial charge >= 0.3 is 5.97 Å². The van der Waals surface area contributed by atoms with Crippen LogP contribution in [-0.2, 0) is 22.4 Å². The zero-order valence-corrected chi connectivity index (χ0v) is 19.2. The third kappa shape index (κ3) is 4.46. The average Bonchev–Trinajstić information content (AvgIpc) is 3.15. The molecule has 2 aromatic carbocycles. The molecule has 4 aromatic rings. The predicted octanol–water partition coefficient (Wildman–Crippen LogP) is 4.73. The van der Waals surface area contributed by atoms with Crippen LogP contribution in [0.15, 0.2) is 36.5 Å². The summed E-state index contributed by atoms with van der Waals surface area (Å²) in [6, 6.07) is 6.78. The summed E-state index contributed by atoms with van der Waals surface area (Å²) in [5.74, 6) is -2.59. The highest BCUT2D eigenvalue weighted by atomic mass is 35.5. The van der Waals surface area contributed by atoms with Crippen LogP contribution in [0.1, 0.15) is 28.2 Å². The summed E-state index contributed by atoms with van der Waals surface area (Å²) in [6.45, 7) is 1.08. The molecule has 1 aliphatic rings. The molecule has 1 saturated heterocycles. The Bertz CT molecular complexity index is 1460. The molecule has 1 aliphatic heterocycles. The van der Waals surface area contributed by atoms with Gasteiger partial charge in [0.25, 0.3) is 0 Å². The second-order valence-electron chi connectivity index (χ2n) is 8.05. The van der Waals surface area contributed by atoms with Crippen molar-refractivity contribution in [3.05, 3.63) is 76.2 Å². The van der Waals surface area contributed by atoms with Gasteiger partial charge in [0.05, 0.1) is 42.6 Å². The summed E-state index contributed by atoms with van der Waals surface area (Å²) in [4.78, 5) is 23.8. The number of ether oxygens (including phenoxy) is 2. The van der Waals surface area contributed by atoms with E-state index in [0.717, 1.165) is 24.8 Å². The first-order chi connectivity index (χ1) is 16.8. The standard InChI is InChI=1S/C24H18ClF3N4O3/c1-34-23(33)12-2-3-19-20(7-12)32(11-14-4-5-35-14)21(30-19)8-13-6-17(27)15(9-16(13)26)22-18(28)10-29-24(25)31-22/h2-3,6-7,9-10,14H,4-5,8,11H2,1H3/t14-/m0/s1. The van der Waals surface area contributed by atoms with Gasteiger partial charge < -0.3 is 14.0 Å². The zero-order valence-electron chi connectivity index (χ0n) is 18.4. The van der Waals surface area contributed by atoms with Crippen LogP contribution in [0.5, 0.6) is 0 Å². The Morgan fingerprint density at radius 1 is 1.17 bits per heavy atom. The van der Waals surface area contributed by atoms with Crippen LogP contribution in [0, 0.1) is 17.5 Å². The molecule has 0 spiro atoms. The number of fused-ring (bicyclic) bond motifs is 1. The van der Waals surface area contributed by atoms with E-state index in [-0.39, 0.29) is 28.9 Å². The number of aromatic nitrogens is 4. The summed E-state index contributed by atoms with van der Waals surface area (Å²) in [6.07, 6.45) is 1.54. The molecule has 3 heterocycles. The zero-order chi connectivity index (χ0) is 24.7. The lowest BCUT2D eigenvalue weighted by Gasteiger charge is -2.27. The fourth-order valence-electron chi connectivity index (χ4n) is 4.00. The number of methoxy groups -OCH3 is 1. The van der Waals surface area contributed by atoms with Crippen molar-refractivity contribution in [3.63, 3.8) is 0 Å². The summed E-state index contributed by atoms with van der Waals surface area (Å²) < 4.78 is 56.4. The Balaban J connectivity index is 1.55. The molecule has 0 saturated carbocycles. The van der Waals surface area contributed by atoms with E-state index in [9.17, 15) is 13.6 Å². The smallest absolute Gasteiger partial charge is 0.337 e. The monoisotopic (exact) mass is 502 g/mol. The van der Waals surface area contributed by atoms with Gasteiger partial charge in [-0.2, -0.15) is 0 Å². The maximum Gasteiger partial charge on any atom is 0.337 e. The fourth-order valence-corrected chi connectivity index (χ4v) is 4.13. The van der Waals surface area contributed by atoms with Crippen LogP contribution >= 0.6 is 11.6 Å². The molecule has 2 aromatic heterocycles. The van der Waals surface area contributed by atoms with Gasteiger partial charge in [0.2, 0.25) is 5.28 Å². The van der Waals surface area contributed by atoms with Crippen LogP contribution < -0.4 is 0 Å². The normalized spacial score (nSPS) is 15.3. The molecule has 5 rings (SSSR count). The first-order valence-corrected chi connectivity index (χ1v) is 11.1. The Morgan fingerprint density at radius 3 is 2.69 bits per heavy atom. The van der Waals surface area contributed by atoms with Crippen molar-refractivity contribution in [2.75, 3.05) is 13.7 Å². The molecule has 0 aliphatic carbocycles. The van der Waals surface area contributed by atoms with Gasteiger partial charge in [-0.3, -0.25) is 0 Å². The maximum absolute atomic E-state index is 15.1. The van der Waals surface area contributed by atoms with Crippen LogP contribution in [0.3, 0.4) is 0 Å². The predicted molar refractivity (Wildman–Crippen MR) is 121 cm³/mol. The Morgan fingerprint density at radius 2 is 1.97 bits per heavy atom. The molecule has 1 atom stereocenters. The van der Waals surface area contributed by atoms with E-state index in [4.69, 9.17) is 21.1 Å². The first kappa shape index (κ1) is 23.3. The summed E-state index contributed by atoms with van der Waals surface area (Å²) in [7, 11) is 1.29. The van der Waals surface area contributed by atoms with Crippen molar-refractivity contribution in [2.24, 2.45) is 0 Å². The lowest BCUT2D eigenvalue weighted by atomic mass is 10.0. The maximum atomic E-state index is 15.1. The second kappa shape index (κ2) is 9.27. The van der Waals surface area contributed by atoms with Gasteiger partial charge in [0, 0.05) is 18.6 Å². The van der Waals surface area contributed by atoms with Gasteiger partial charge in [0.15, 0.2) is 5.82 Å². The molecule has 0 unspecified atom stereocenters. The first-order valence-electron chi connectivity index (χ1n) is 10.7. The van der Waals surface area contributed by atoms with E-state index >= 15 is 4.39 Å². The third-order valence-electron chi connectivity index (χ3n) is 5.88. The van der Waals surface area contributed by atoms with Crippen LogP contribution in [0.4, 0.5) is 13.2 Å². The summed E-state index contributed by atoms with van der Waals surface area (Å²) >= 11 is 5.70. The molecular formula is C24H18ClF3N4O3. The Hall–Kier alpha value is -3.50. The number of benzene rings is 2. The third-order valence-corrected chi connectivity index (χ3v) is 6.06. The average molecular weight is 503 g/mol. The fraction of sp³-hybridized carbons (Fsp3) is 0.250. The molecule has 0 amide bonds. The van der Waals surface area contributed by atoms with Crippen LogP contribution in [-0.4, -0.2) is 45.3 Å². The molecular weight excluding hydrogens is 485 g/mol. The molecule has 0 N–H and O–H groups in total. The van der Waals surface area contributed by atoms with E-state index in [1.54, 1.807) is 18.2 Å². The molecule has 35 heavy (non-hydrogen) atoms. The largest absolute Gasteiger partial charge is 0.465 e. The number of esters is 1. The lowest BCUT2D eigenvalue weighted by Crippen LogP contribution is -2.31. The minimum Gasteiger partial charge on any atom is -0.465 e. The van der Waals surface area contributed by atoms with E-state index in [1.807, 2.05) is 4.57 Å². The number of halogens is 4. The highest BCUT2D eigenvalue weighted by molar-refractivity contribution is 6.28. The Kier molecular flexibility index (Phi) is 6.16. The summed E-state index contributed by atoms with van der Waals surface area (Å²) in [5.41, 5.74) is 0.793. The van der Waals surface area contributed by atoms with Gasteiger partial charge in [-0.15, -0.1) is 0 Å².